The van der Waals surface area contributed by atoms with Gasteiger partial charge in [0, 0.05) is 11.1 Å². The van der Waals surface area contributed by atoms with E-state index in [1.165, 1.54) is 12.1 Å². The molecule has 2 aromatic carbocycles. The van der Waals surface area contributed by atoms with Gasteiger partial charge in [0.25, 0.3) is 5.91 Å². The van der Waals surface area contributed by atoms with Crippen LogP contribution in [0.15, 0.2) is 36.4 Å². The van der Waals surface area contributed by atoms with Crippen LogP contribution >= 0.6 is 11.6 Å². The number of hydrogen-bond donors (Lipinski definition) is 1. The molecule has 1 atom stereocenters. The molecule has 0 aromatic heterocycles. The molecule has 0 saturated heterocycles. The first kappa shape index (κ1) is 21.7. The number of ketones is 2. The summed E-state index contributed by atoms with van der Waals surface area (Å²) in [7, 11) is 1.15. The fraction of sp³-hybridized carbons (Fsp3) is 0.238. The van der Waals surface area contributed by atoms with Crippen LogP contribution in [0.4, 0.5) is 0 Å². The number of carbonyl (C=O) groups excluding carboxylic acids is 4. The van der Waals surface area contributed by atoms with E-state index in [9.17, 15) is 19.2 Å². The number of fused-ring (bicyclic) bond motifs is 1. The van der Waals surface area contributed by atoms with Gasteiger partial charge in [-0.2, -0.15) is 0 Å². The van der Waals surface area contributed by atoms with Crippen molar-refractivity contribution in [3.05, 3.63) is 69.2 Å². The van der Waals surface area contributed by atoms with E-state index in [4.69, 9.17) is 21.0 Å². The van der Waals surface area contributed by atoms with Crippen molar-refractivity contribution in [2.75, 3.05) is 6.54 Å². The van der Waals surface area contributed by atoms with Gasteiger partial charge in [-0.05, 0) is 31.0 Å². The second kappa shape index (κ2) is 8.81. The Morgan fingerprint density at radius 1 is 1.10 bits per heavy atom. The smallest absolute Gasteiger partial charge is 0.326 e. The Labute approximate surface area is 179 Å². The third-order valence-corrected chi connectivity index (χ3v) is 5.54. The van der Waals surface area contributed by atoms with Crippen LogP contribution in [0.3, 0.4) is 0 Å². The number of ether oxygens (including phenoxy) is 1. The summed E-state index contributed by atoms with van der Waals surface area (Å²) in [5.41, 5.74) is 2.42. The zero-order valence-corrected chi connectivity index (χ0v) is 17.4. The van der Waals surface area contributed by atoms with E-state index >= 15 is 0 Å². The Morgan fingerprint density at radius 3 is 2.27 bits per heavy atom. The molecule has 0 heterocycles. The largest absolute Gasteiger partial charge is 0.541 e. The first-order chi connectivity index (χ1) is 14.3. The number of hydrogen-bond acceptors (Lipinski definition) is 6. The molecule has 9 heteroatoms. The molecule has 0 fully saturated rings. The summed E-state index contributed by atoms with van der Waals surface area (Å²) in [5.74, 6) is -2.41. The van der Waals surface area contributed by atoms with Crippen LogP contribution in [-0.4, -0.2) is 50.2 Å². The van der Waals surface area contributed by atoms with E-state index in [-0.39, 0.29) is 23.2 Å². The maximum atomic E-state index is 12.6. The molecule has 1 aliphatic rings. The van der Waals surface area contributed by atoms with Crippen LogP contribution in [0.2, 0.25) is 5.02 Å². The molecule has 0 radical (unpaired) electrons. The van der Waals surface area contributed by atoms with E-state index in [0.29, 0.717) is 5.02 Å². The van der Waals surface area contributed by atoms with Gasteiger partial charge < -0.3 is 14.7 Å². The van der Waals surface area contributed by atoms with E-state index in [0.717, 1.165) is 19.2 Å². The number of halogens is 1. The van der Waals surface area contributed by atoms with E-state index < -0.39 is 35.7 Å². The molecule has 0 aliphatic heterocycles. The van der Waals surface area contributed by atoms with Gasteiger partial charge in [0.1, 0.15) is 0 Å². The number of benzene rings is 2. The highest BCUT2D eigenvalue weighted by atomic mass is 35.5. The summed E-state index contributed by atoms with van der Waals surface area (Å²) in [5, 5.41) is 2.86. The standard InChI is InChI=1S/C21H19BClNO6/c1-10-7-8-14(16(23)11(10)2)20(27)24-9-15(21(28)30-22)29-19-17(25)12-5-3-4-6-13(12)18(19)26/h3-8,15,19H,9,22H2,1-2H3,(H,24,27)/t15-/m0/s1. The third kappa shape index (κ3) is 4.01. The molecule has 30 heavy (non-hydrogen) atoms. The lowest BCUT2D eigenvalue weighted by atomic mass is 10.1. The average molecular weight is 428 g/mol. The van der Waals surface area contributed by atoms with Crippen LogP contribution in [0, 0.1) is 13.8 Å². The minimum absolute atomic E-state index is 0.238. The van der Waals surface area contributed by atoms with Gasteiger partial charge >= 0.3 is 14.0 Å². The van der Waals surface area contributed by atoms with Gasteiger partial charge in [-0.3, -0.25) is 19.2 Å². The Kier molecular flexibility index (Phi) is 6.38. The van der Waals surface area contributed by atoms with Crippen LogP contribution in [0.1, 0.15) is 42.2 Å². The molecule has 1 aliphatic carbocycles. The topological polar surface area (TPSA) is 98.8 Å². The SMILES string of the molecule is BOC(=O)[C@H](CNC(=O)c1ccc(C)c(C)c1Cl)OC1C(=O)c2ccccc2C1=O. The van der Waals surface area contributed by atoms with Crippen molar-refractivity contribution in [2.24, 2.45) is 0 Å². The van der Waals surface area contributed by atoms with Gasteiger partial charge in [-0.1, -0.05) is 41.9 Å². The molecule has 0 spiro atoms. The number of Topliss-reactive ketones (excluding diaryl/α,β-unsaturated/α-hetero) is 2. The third-order valence-electron chi connectivity index (χ3n) is 5.05. The van der Waals surface area contributed by atoms with Gasteiger partial charge in [0.05, 0.1) is 17.1 Å². The minimum atomic E-state index is -1.46. The molecule has 1 amide bonds. The first-order valence-electron chi connectivity index (χ1n) is 9.21. The van der Waals surface area contributed by atoms with E-state index in [1.807, 2.05) is 6.92 Å². The van der Waals surface area contributed by atoms with E-state index in [2.05, 4.69) is 5.32 Å². The number of rotatable bonds is 6. The molecule has 0 unspecified atom stereocenters. The molecule has 0 saturated carbocycles. The average Bonchev–Trinajstić information content (AvgIpc) is 2.99. The monoisotopic (exact) mass is 427 g/mol. The number of carbonyl (C=O) groups is 4. The summed E-state index contributed by atoms with van der Waals surface area (Å²) in [6.45, 7) is 3.36. The Balaban J connectivity index is 1.74. The summed E-state index contributed by atoms with van der Waals surface area (Å²) in [6.07, 6.45) is -2.81. The molecule has 0 bridgehead atoms. The molecular formula is C21H19BClNO6. The number of amides is 1. The van der Waals surface area contributed by atoms with Gasteiger partial charge in [-0.15, -0.1) is 0 Å². The lowest BCUT2D eigenvalue weighted by Gasteiger charge is -2.20. The van der Waals surface area contributed by atoms with Crippen molar-refractivity contribution < 1.29 is 28.6 Å². The zero-order chi connectivity index (χ0) is 22.0. The predicted octanol–water partition coefficient (Wildman–Crippen LogP) is 1.61. The normalized spacial score (nSPS) is 14.4. The molecule has 7 nitrogen and oxygen atoms in total. The van der Waals surface area contributed by atoms with Crippen LogP contribution in [0.25, 0.3) is 0 Å². The second-order valence-electron chi connectivity index (χ2n) is 6.88. The van der Waals surface area contributed by atoms with Crippen molar-refractivity contribution in [2.45, 2.75) is 26.1 Å². The Bertz CT molecular complexity index is 1020. The van der Waals surface area contributed by atoms with Crippen molar-refractivity contribution >= 4 is 43.1 Å². The molecule has 3 rings (SSSR count). The van der Waals surface area contributed by atoms with Gasteiger partial charge in [0.15, 0.2) is 23.8 Å². The fourth-order valence-electron chi connectivity index (χ4n) is 3.16. The van der Waals surface area contributed by atoms with Crippen LogP contribution < -0.4 is 5.32 Å². The van der Waals surface area contributed by atoms with Crippen molar-refractivity contribution in [3.8, 4) is 0 Å². The predicted molar refractivity (Wildman–Crippen MR) is 112 cm³/mol. The molecule has 154 valence electrons. The fourth-order valence-corrected chi connectivity index (χ4v) is 3.46. The minimum Gasteiger partial charge on any atom is -0.541 e. The van der Waals surface area contributed by atoms with Crippen LogP contribution in [-0.2, 0) is 14.2 Å². The zero-order valence-electron chi connectivity index (χ0n) is 16.7. The molecule has 2 aromatic rings. The quantitative estimate of drug-likeness (QED) is 0.555. The number of nitrogens with one attached hydrogen (secondary N) is 1. The van der Waals surface area contributed by atoms with Crippen molar-refractivity contribution in [3.63, 3.8) is 0 Å². The van der Waals surface area contributed by atoms with Crippen molar-refractivity contribution in [1.29, 1.82) is 0 Å². The summed E-state index contributed by atoms with van der Waals surface area (Å²) >= 11 is 6.25. The van der Waals surface area contributed by atoms with Gasteiger partial charge in [0.2, 0.25) is 0 Å². The lowest BCUT2D eigenvalue weighted by Crippen LogP contribution is -2.43. The van der Waals surface area contributed by atoms with Crippen LogP contribution in [0.5, 0.6) is 0 Å². The molecule has 1 N–H and O–H groups in total. The Hall–Kier alpha value is -2.97. The summed E-state index contributed by atoms with van der Waals surface area (Å²) < 4.78 is 10.2. The van der Waals surface area contributed by atoms with E-state index in [1.54, 1.807) is 31.2 Å². The summed E-state index contributed by atoms with van der Waals surface area (Å²) in [4.78, 5) is 49.8. The van der Waals surface area contributed by atoms with Crippen molar-refractivity contribution in [1.82, 2.24) is 5.32 Å². The highest BCUT2D eigenvalue weighted by molar-refractivity contribution is 6.34. The maximum Gasteiger partial charge on any atom is 0.326 e. The Morgan fingerprint density at radius 2 is 1.70 bits per heavy atom. The highest BCUT2D eigenvalue weighted by Crippen LogP contribution is 2.26. The summed E-state index contributed by atoms with van der Waals surface area (Å²) in [6, 6.07) is 9.66. The first-order valence-corrected chi connectivity index (χ1v) is 9.58. The highest BCUT2D eigenvalue weighted by Gasteiger charge is 2.42. The maximum absolute atomic E-state index is 12.6. The second-order valence-corrected chi connectivity index (χ2v) is 7.26. The molecular weight excluding hydrogens is 408 g/mol. The lowest BCUT2D eigenvalue weighted by molar-refractivity contribution is -0.147. The van der Waals surface area contributed by atoms with Gasteiger partial charge in [-0.25, -0.2) is 0 Å². The number of aryl methyl sites for hydroxylation is 1.